The number of amides is 2. The van der Waals surface area contributed by atoms with E-state index in [1.807, 2.05) is 0 Å². The molecule has 1 aromatic rings. The lowest BCUT2D eigenvalue weighted by Gasteiger charge is -2.09. The summed E-state index contributed by atoms with van der Waals surface area (Å²) in [5.74, 6) is -1.34. The largest absolute Gasteiger partial charge is 0.479 e. The molecule has 0 heterocycles. The van der Waals surface area contributed by atoms with Gasteiger partial charge in [-0.25, -0.2) is 9.59 Å². The monoisotopic (exact) mass is 297 g/mol. The molecule has 114 valence electrons. The molecule has 0 bridgehead atoms. The zero-order chi connectivity index (χ0) is 15.8. The topological polar surface area (TPSA) is 142 Å². The number of nitrogens with zero attached hydrogens (tertiary/aromatic N) is 1. The summed E-state index contributed by atoms with van der Waals surface area (Å²) in [4.78, 5) is 31.7. The molecule has 0 aliphatic carbocycles. The number of non-ortho nitro benzene ring substituents is 1. The number of aliphatic hydroxyl groups is 1. The molecule has 2 amide bonds. The van der Waals surface area contributed by atoms with Crippen LogP contribution in [0, 0.1) is 10.1 Å². The molecule has 0 aliphatic heterocycles. The minimum atomic E-state index is -1.51. The van der Waals surface area contributed by atoms with Gasteiger partial charge in [0.15, 0.2) is 6.10 Å². The first-order valence-electron chi connectivity index (χ1n) is 6.06. The Morgan fingerprint density at radius 1 is 1.24 bits per heavy atom. The van der Waals surface area contributed by atoms with Gasteiger partial charge in [0.05, 0.1) is 4.92 Å². The van der Waals surface area contributed by atoms with Crippen molar-refractivity contribution in [2.75, 3.05) is 6.54 Å². The average molecular weight is 297 g/mol. The fourth-order valence-corrected chi connectivity index (χ4v) is 1.43. The number of carbonyl (C=O) groups excluding carboxylic acids is 1. The first-order chi connectivity index (χ1) is 9.90. The maximum Gasteiger partial charge on any atom is 0.332 e. The second-order valence-corrected chi connectivity index (χ2v) is 4.18. The summed E-state index contributed by atoms with van der Waals surface area (Å²) in [5.41, 5.74) is 0.646. The molecule has 0 fully saturated rings. The van der Waals surface area contributed by atoms with Crippen LogP contribution in [0.25, 0.3) is 0 Å². The molecular formula is C12H15N3O6. The molecule has 1 aromatic carbocycles. The number of nitrogens with one attached hydrogen (secondary N) is 2. The second-order valence-electron chi connectivity index (χ2n) is 4.18. The van der Waals surface area contributed by atoms with E-state index in [0.717, 1.165) is 0 Å². The van der Waals surface area contributed by atoms with E-state index in [-0.39, 0.29) is 25.2 Å². The van der Waals surface area contributed by atoms with Gasteiger partial charge in [0.2, 0.25) is 0 Å². The summed E-state index contributed by atoms with van der Waals surface area (Å²) in [6.07, 6.45) is -1.61. The first-order valence-corrected chi connectivity index (χ1v) is 6.06. The summed E-state index contributed by atoms with van der Waals surface area (Å²) in [5, 5.41) is 32.8. The van der Waals surface area contributed by atoms with Crippen LogP contribution >= 0.6 is 0 Å². The van der Waals surface area contributed by atoms with Gasteiger partial charge in [-0.3, -0.25) is 10.1 Å². The fourth-order valence-electron chi connectivity index (χ4n) is 1.43. The lowest BCUT2D eigenvalue weighted by atomic mass is 10.2. The van der Waals surface area contributed by atoms with Gasteiger partial charge >= 0.3 is 12.0 Å². The zero-order valence-corrected chi connectivity index (χ0v) is 11.0. The Morgan fingerprint density at radius 2 is 1.86 bits per heavy atom. The molecule has 9 nitrogen and oxygen atoms in total. The Hall–Kier alpha value is -2.68. The number of nitro groups is 1. The maximum absolute atomic E-state index is 11.4. The number of aliphatic hydroxyl groups excluding tert-OH is 1. The minimum Gasteiger partial charge on any atom is -0.479 e. The lowest BCUT2D eigenvalue weighted by Crippen LogP contribution is -2.37. The van der Waals surface area contributed by atoms with Gasteiger partial charge in [0.1, 0.15) is 0 Å². The predicted molar refractivity (Wildman–Crippen MR) is 71.6 cm³/mol. The van der Waals surface area contributed by atoms with Crippen LogP contribution in [0.2, 0.25) is 0 Å². The normalized spacial score (nSPS) is 11.5. The van der Waals surface area contributed by atoms with Crippen molar-refractivity contribution in [2.24, 2.45) is 0 Å². The summed E-state index contributed by atoms with van der Waals surface area (Å²) in [6.45, 7) is 0.185. The molecule has 0 radical (unpaired) electrons. The van der Waals surface area contributed by atoms with E-state index < -0.39 is 23.0 Å². The van der Waals surface area contributed by atoms with E-state index in [1.165, 1.54) is 24.3 Å². The van der Waals surface area contributed by atoms with Gasteiger partial charge in [-0.2, -0.15) is 0 Å². The highest BCUT2D eigenvalue weighted by Crippen LogP contribution is 2.11. The Balaban J connectivity index is 2.29. The number of hydrogen-bond donors (Lipinski definition) is 4. The number of carbonyl (C=O) groups is 2. The van der Waals surface area contributed by atoms with Gasteiger partial charge in [-0.1, -0.05) is 12.1 Å². The Labute approximate surface area is 119 Å². The zero-order valence-electron chi connectivity index (χ0n) is 11.0. The number of urea groups is 1. The SMILES string of the molecule is O=C(NCC[C@H](O)C(=O)O)NCc1ccc([N+](=O)[O-])cc1. The number of carboxylic acid groups (broad SMARTS) is 1. The molecule has 0 aromatic heterocycles. The predicted octanol–water partition coefficient (Wildman–Crippen LogP) is 0.230. The number of aliphatic carboxylic acids is 1. The van der Waals surface area contributed by atoms with Crippen LogP contribution in [-0.4, -0.2) is 39.8 Å². The molecule has 4 N–H and O–H groups in total. The van der Waals surface area contributed by atoms with Crippen molar-refractivity contribution in [3.63, 3.8) is 0 Å². The third kappa shape index (κ3) is 5.87. The third-order valence-corrected chi connectivity index (χ3v) is 2.59. The summed E-state index contributed by atoms with van der Waals surface area (Å²) in [6, 6.07) is 5.18. The van der Waals surface area contributed by atoms with Crippen LogP contribution in [0.15, 0.2) is 24.3 Å². The van der Waals surface area contributed by atoms with Gasteiger partial charge in [-0.15, -0.1) is 0 Å². The number of nitro benzene ring substituents is 1. The maximum atomic E-state index is 11.4. The average Bonchev–Trinajstić information content (AvgIpc) is 2.45. The highest BCUT2D eigenvalue weighted by molar-refractivity contribution is 5.74. The van der Waals surface area contributed by atoms with Crippen LogP contribution in [0.5, 0.6) is 0 Å². The van der Waals surface area contributed by atoms with E-state index in [2.05, 4.69) is 10.6 Å². The fraction of sp³-hybridized carbons (Fsp3) is 0.333. The van der Waals surface area contributed by atoms with Crippen molar-refractivity contribution in [1.82, 2.24) is 10.6 Å². The molecular weight excluding hydrogens is 282 g/mol. The molecule has 1 rings (SSSR count). The molecule has 0 saturated heterocycles. The second kappa shape index (κ2) is 7.80. The van der Waals surface area contributed by atoms with Crippen molar-refractivity contribution >= 4 is 17.7 Å². The van der Waals surface area contributed by atoms with E-state index in [0.29, 0.717) is 5.56 Å². The van der Waals surface area contributed by atoms with Crippen LogP contribution in [-0.2, 0) is 11.3 Å². The van der Waals surface area contributed by atoms with Crippen LogP contribution in [0.1, 0.15) is 12.0 Å². The molecule has 0 saturated carbocycles. The molecule has 9 heteroatoms. The number of rotatable bonds is 7. The van der Waals surface area contributed by atoms with Crippen molar-refractivity contribution < 1.29 is 24.7 Å². The van der Waals surface area contributed by atoms with Crippen LogP contribution in [0.4, 0.5) is 10.5 Å². The van der Waals surface area contributed by atoms with Gasteiger partial charge < -0.3 is 20.8 Å². The van der Waals surface area contributed by atoms with Crippen molar-refractivity contribution in [3.05, 3.63) is 39.9 Å². The Morgan fingerprint density at radius 3 is 2.38 bits per heavy atom. The molecule has 1 atom stereocenters. The van der Waals surface area contributed by atoms with Gasteiger partial charge in [0.25, 0.3) is 5.69 Å². The molecule has 0 unspecified atom stereocenters. The van der Waals surface area contributed by atoms with E-state index in [4.69, 9.17) is 10.2 Å². The standard InChI is InChI=1S/C12H15N3O6/c16-10(11(17)18)5-6-13-12(19)14-7-8-1-3-9(4-2-8)15(20)21/h1-4,10,16H,5-7H2,(H,17,18)(H2,13,14,19)/t10-/m0/s1. The van der Waals surface area contributed by atoms with E-state index in [1.54, 1.807) is 0 Å². The van der Waals surface area contributed by atoms with Gasteiger partial charge in [0, 0.05) is 31.6 Å². The molecule has 21 heavy (non-hydrogen) atoms. The van der Waals surface area contributed by atoms with Crippen molar-refractivity contribution in [3.8, 4) is 0 Å². The van der Waals surface area contributed by atoms with Crippen LogP contribution < -0.4 is 10.6 Å². The van der Waals surface area contributed by atoms with Crippen LogP contribution in [0.3, 0.4) is 0 Å². The van der Waals surface area contributed by atoms with E-state index in [9.17, 15) is 19.7 Å². The summed E-state index contributed by atoms with van der Waals surface area (Å²) >= 11 is 0. The Bertz CT molecular complexity index is 516. The number of carboxylic acids is 1. The third-order valence-electron chi connectivity index (χ3n) is 2.59. The molecule has 0 aliphatic rings. The number of benzene rings is 1. The summed E-state index contributed by atoms with van der Waals surface area (Å²) in [7, 11) is 0. The Kier molecular flexibility index (Phi) is 6.08. The highest BCUT2D eigenvalue weighted by Gasteiger charge is 2.12. The quantitative estimate of drug-likeness (QED) is 0.419. The highest BCUT2D eigenvalue weighted by atomic mass is 16.6. The lowest BCUT2D eigenvalue weighted by molar-refractivity contribution is -0.384. The van der Waals surface area contributed by atoms with Crippen molar-refractivity contribution in [1.29, 1.82) is 0 Å². The first kappa shape index (κ1) is 16.4. The van der Waals surface area contributed by atoms with E-state index >= 15 is 0 Å². The number of hydrogen-bond acceptors (Lipinski definition) is 5. The minimum absolute atomic E-state index is 0.0135. The van der Waals surface area contributed by atoms with Gasteiger partial charge in [-0.05, 0) is 5.56 Å². The molecule has 0 spiro atoms. The van der Waals surface area contributed by atoms with Crippen molar-refractivity contribution in [2.45, 2.75) is 19.1 Å². The summed E-state index contributed by atoms with van der Waals surface area (Å²) < 4.78 is 0. The smallest absolute Gasteiger partial charge is 0.332 e.